The molecule has 296 valence electrons. The van der Waals surface area contributed by atoms with Crippen molar-refractivity contribution >= 4 is 39.0 Å². The van der Waals surface area contributed by atoms with Crippen LogP contribution in [0.4, 0.5) is 17.1 Å². The first kappa shape index (κ1) is 36.6. The van der Waals surface area contributed by atoms with Gasteiger partial charge in [0.2, 0.25) is 0 Å². The minimum Gasteiger partial charge on any atom is -0.456 e. The van der Waals surface area contributed by atoms with Crippen molar-refractivity contribution in [1.29, 1.82) is 0 Å². The van der Waals surface area contributed by atoms with Crippen LogP contribution < -0.4 is 4.90 Å². The lowest BCUT2D eigenvalue weighted by atomic mass is 9.67. The number of para-hydroxylation sites is 1. The van der Waals surface area contributed by atoms with Crippen LogP contribution in [0.1, 0.15) is 22.3 Å². The summed E-state index contributed by atoms with van der Waals surface area (Å²) in [5, 5.41) is 2.15. The van der Waals surface area contributed by atoms with Crippen molar-refractivity contribution in [2.45, 2.75) is 5.41 Å². The number of hydrogen-bond donors (Lipinski definition) is 0. The van der Waals surface area contributed by atoms with Gasteiger partial charge in [-0.15, -0.1) is 0 Å². The predicted molar refractivity (Wildman–Crippen MR) is 262 cm³/mol. The monoisotopic (exact) mass is 803 g/mol. The van der Waals surface area contributed by atoms with Gasteiger partial charge in [-0.3, -0.25) is 0 Å². The van der Waals surface area contributed by atoms with Gasteiger partial charge < -0.3 is 9.32 Å². The molecule has 1 atom stereocenters. The molecule has 0 fully saturated rings. The lowest BCUT2D eigenvalue weighted by Crippen LogP contribution is -2.28. The first-order chi connectivity index (χ1) is 31.3. The fraction of sp³-hybridized carbons (Fsp3) is 0.0164. The van der Waals surface area contributed by atoms with Crippen molar-refractivity contribution in [3.63, 3.8) is 0 Å². The molecule has 0 bridgehead atoms. The minimum atomic E-state index is -0.558. The maximum Gasteiger partial charge on any atom is 0.137 e. The van der Waals surface area contributed by atoms with Gasteiger partial charge in [0.05, 0.1) is 22.2 Å². The van der Waals surface area contributed by atoms with Gasteiger partial charge in [0, 0.05) is 16.6 Å². The Morgan fingerprint density at radius 1 is 0.333 bits per heavy atom. The highest BCUT2D eigenvalue weighted by Crippen LogP contribution is 2.58. The van der Waals surface area contributed by atoms with E-state index in [1.165, 1.54) is 50.1 Å². The van der Waals surface area contributed by atoms with Crippen molar-refractivity contribution in [1.82, 2.24) is 0 Å². The van der Waals surface area contributed by atoms with Crippen molar-refractivity contribution in [2.24, 2.45) is 0 Å². The normalized spacial score (nSPS) is 14.1. The first-order valence-electron chi connectivity index (χ1n) is 21.7. The Kier molecular flexibility index (Phi) is 8.76. The number of benzene rings is 10. The molecular formula is C61H41NO. The quantitative estimate of drug-likeness (QED) is 0.152. The number of anilines is 3. The molecule has 11 aromatic rings. The highest BCUT2D eigenvalue weighted by Gasteiger charge is 2.47. The molecule has 12 rings (SSSR count). The molecule has 0 saturated heterocycles. The van der Waals surface area contributed by atoms with E-state index in [9.17, 15) is 0 Å². The van der Waals surface area contributed by atoms with Crippen molar-refractivity contribution in [3.8, 4) is 44.5 Å². The van der Waals surface area contributed by atoms with Crippen LogP contribution in [-0.4, -0.2) is 0 Å². The molecule has 0 N–H and O–H groups in total. The Balaban J connectivity index is 1.10. The van der Waals surface area contributed by atoms with Crippen LogP contribution in [0, 0.1) is 0 Å². The highest BCUT2D eigenvalue weighted by atomic mass is 16.3. The molecule has 0 saturated carbocycles. The van der Waals surface area contributed by atoms with E-state index in [4.69, 9.17) is 4.42 Å². The lowest BCUT2D eigenvalue weighted by molar-refractivity contribution is 0.669. The summed E-state index contributed by atoms with van der Waals surface area (Å²) in [7, 11) is 0. The average molecular weight is 804 g/mol. The van der Waals surface area contributed by atoms with Crippen LogP contribution >= 0.6 is 0 Å². The SMILES string of the molecule is c1ccc(-c2ccc3oc4cccc(N(c5ccc(C6(c7ccccc7)c7ccccc7-c7c(-c8ccccc8)cccc76)cc5)c5ccccc5-c5ccccc5)c4c3c2)cc1. The van der Waals surface area contributed by atoms with E-state index >= 15 is 0 Å². The van der Waals surface area contributed by atoms with Gasteiger partial charge in [-0.1, -0.05) is 206 Å². The van der Waals surface area contributed by atoms with Crippen LogP contribution in [0.5, 0.6) is 0 Å². The molecule has 2 heteroatoms. The van der Waals surface area contributed by atoms with Gasteiger partial charge in [-0.2, -0.15) is 0 Å². The molecule has 1 heterocycles. The van der Waals surface area contributed by atoms with Gasteiger partial charge in [-0.25, -0.2) is 0 Å². The van der Waals surface area contributed by atoms with Crippen LogP contribution in [0.2, 0.25) is 0 Å². The number of hydrogen-bond acceptors (Lipinski definition) is 2. The summed E-state index contributed by atoms with van der Waals surface area (Å²) in [6.45, 7) is 0. The number of furan rings is 1. The van der Waals surface area contributed by atoms with Gasteiger partial charge in [0.15, 0.2) is 0 Å². The smallest absolute Gasteiger partial charge is 0.137 e. The molecule has 1 aliphatic rings. The molecular weight excluding hydrogens is 763 g/mol. The summed E-state index contributed by atoms with van der Waals surface area (Å²) in [6.07, 6.45) is 0. The standard InChI is InChI=1S/C61H41NO/c1-5-19-42(20-6-1)45-35-40-57-52(41-45)60-56(33-18-34-58(60)63-57)62(55-32-16-14-27-49(55)43-21-7-2-8-22-43)48-38-36-47(37-39-48)61(46-25-11-4-12-26-46)53-30-15-13-28-51(53)59-50(29-17-31-54(59)61)44-23-9-3-10-24-44/h1-41H. The van der Waals surface area contributed by atoms with Crippen LogP contribution in [-0.2, 0) is 5.41 Å². The molecule has 63 heavy (non-hydrogen) atoms. The second kappa shape index (κ2) is 15.1. The number of nitrogens with zero attached hydrogens (tertiary/aromatic N) is 1. The lowest BCUT2D eigenvalue weighted by Gasteiger charge is -2.35. The molecule has 0 spiro atoms. The number of rotatable bonds is 8. The van der Waals surface area contributed by atoms with Gasteiger partial charge in [0.1, 0.15) is 11.2 Å². The zero-order valence-corrected chi connectivity index (χ0v) is 34.5. The van der Waals surface area contributed by atoms with Crippen LogP contribution in [0.3, 0.4) is 0 Å². The largest absolute Gasteiger partial charge is 0.456 e. The molecule has 0 aliphatic heterocycles. The van der Waals surface area contributed by atoms with E-state index < -0.39 is 5.41 Å². The van der Waals surface area contributed by atoms with Crippen LogP contribution in [0.25, 0.3) is 66.4 Å². The Hall–Kier alpha value is -8.20. The fourth-order valence-corrected chi connectivity index (χ4v) is 10.3. The molecule has 1 aliphatic carbocycles. The molecule has 2 nitrogen and oxygen atoms in total. The molecule has 10 aromatic carbocycles. The second-order valence-electron chi connectivity index (χ2n) is 16.4. The summed E-state index contributed by atoms with van der Waals surface area (Å²) in [5.41, 5.74) is 19.0. The van der Waals surface area contributed by atoms with Gasteiger partial charge in [0.25, 0.3) is 0 Å². The highest BCUT2D eigenvalue weighted by molar-refractivity contribution is 6.14. The Morgan fingerprint density at radius 3 is 1.60 bits per heavy atom. The Labute approximate surface area is 367 Å². The third-order valence-electron chi connectivity index (χ3n) is 13.0. The summed E-state index contributed by atoms with van der Waals surface area (Å²) in [6, 6.07) is 90.2. The minimum absolute atomic E-state index is 0.558. The fourth-order valence-electron chi connectivity index (χ4n) is 10.3. The van der Waals surface area contributed by atoms with Crippen molar-refractivity contribution in [2.75, 3.05) is 4.90 Å². The second-order valence-corrected chi connectivity index (χ2v) is 16.4. The third-order valence-corrected chi connectivity index (χ3v) is 13.0. The topological polar surface area (TPSA) is 16.4 Å². The summed E-state index contributed by atoms with van der Waals surface area (Å²) in [5.74, 6) is 0. The van der Waals surface area contributed by atoms with Crippen molar-refractivity contribution in [3.05, 3.63) is 271 Å². The molecule has 1 unspecified atom stereocenters. The van der Waals surface area contributed by atoms with Crippen molar-refractivity contribution < 1.29 is 4.42 Å². The zero-order chi connectivity index (χ0) is 41.7. The first-order valence-corrected chi connectivity index (χ1v) is 21.7. The third kappa shape index (κ3) is 5.87. The van der Waals surface area contributed by atoms with E-state index in [0.29, 0.717) is 0 Å². The van der Waals surface area contributed by atoms with E-state index in [2.05, 4.69) is 254 Å². The maximum atomic E-state index is 6.65. The number of fused-ring (bicyclic) bond motifs is 6. The summed E-state index contributed by atoms with van der Waals surface area (Å²) < 4.78 is 6.65. The van der Waals surface area contributed by atoms with Gasteiger partial charge >= 0.3 is 0 Å². The maximum absolute atomic E-state index is 6.65. The summed E-state index contributed by atoms with van der Waals surface area (Å²) in [4.78, 5) is 2.43. The average Bonchev–Trinajstić information content (AvgIpc) is 3.90. The summed E-state index contributed by atoms with van der Waals surface area (Å²) >= 11 is 0. The van der Waals surface area contributed by atoms with E-state index in [0.717, 1.165) is 55.7 Å². The molecule has 0 radical (unpaired) electrons. The van der Waals surface area contributed by atoms with E-state index in [-0.39, 0.29) is 0 Å². The molecule has 1 aromatic heterocycles. The van der Waals surface area contributed by atoms with E-state index in [1.807, 2.05) is 0 Å². The van der Waals surface area contributed by atoms with Gasteiger partial charge in [-0.05, 0) is 104 Å². The predicted octanol–water partition coefficient (Wildman–Crippen LogP) is 16.4. The Bertz CT molecular complexity index is 3430. The van der Waals surface area contributed by atoms with E-state index in [1.54, 1.807) is 0 Å². The van der Waals surface area contributed by atoms with Crippen LogP contribution in [0.15, 0.2) is 253 Å². The Morgan fingerprint density at radius 2 is 0.873 bits per heavy atom. The zero-order valence-electron chi connectivity index (χ0n) is 34.5. The molecule has 0 amide bonds.